The molecule has 7 nitrogen and oxygen atoms in total. The quantitative estimate of drug-likeness (QED) is 0.274. The van der Waals surface area contributed by atoms with Crippen LogP contribution < -0.4 is 10.6 Å². The SMILES string of the molecule is O=C(CCCCCC(=O)CC1CC(c2ccc(F)cc2F)=NO1)CCCCC1SC[C@@H]2NC(=O)N[C@H]12. The lowest BCUT2D eigenvalue weighted by atomic mass is 9.99. The van der Waals surface area contributed by atoms with Crippen LogP contribution in [0.4, 0.5) is 13.6 Å². The van der Waals surface area contributed by atoms with E-state index in [1.807, 2.05) is 11.8 Å². The monoisotopic (exact) mass is 521 g/mol. The summed E-state index contributed by atoms with van der Waals surface area (Å²) >= 11 is 1.90. The molecular formula is C26H33F2N3O4S. The third kappa shape index (κ3) is 7.27. The van der Waals surface area contributed by atoms with Gasteiger partial charge in [0, 0.05) is 54.7 Å². The largest absolute Gasteiger partial charge is 0.391 e. The van der Waals surface area contributed by atoms with Crippen molar-refractivity contribution >= 4 is 35.1 Å². The smallest absolute Gasteiger partial charge is 0.315 e. The van der Waals surface area contributed by atoms with Gasteiger partial charge in [-0.1, -0.05) is 18.0 Å². The number of carbonyl (C=O) groups excluding carboxylic acids is 3. The Kier molecular flexibility index (Phi) is 9.34. The van der Waals surface area contributed by atoms with E-state index in [9.17, 15) is 23.2 Å². The van der Waals surface area contributed by atoms with E-state index in [2.05, 4.69) is 15.8 Å². The Morgan fingerprint density at radius 2 is 1.78 bits per heavy atom. The van der Waals surface area contributed by atoms with Crippen LogP contribution in [0.15, 0.2) is 23.4 Å². The molecule has 4 rings (SSSR count). The molecule has 4 atom stereocenters. The first-order valence-electron chi connectivity index (χ1n) is 12.8. The number of urea groups is 1. The zero-order valence-corrected chi connectivity index (χ0v) is 21.1. The van der Waals surface area contributed by atoms with Gasteiger partial charge in [-0.25, -0.2) is 13.6 Å². The fraction of sp³-hybridized carbons (Fsp3) is 0.615. The van der Waals surface area contributed by atoms with Gasteiger partial charge in [0.25, 0.3) is 0 Å². The van der Waals surface area contributed by atoms with E-state index in [4.69, 9.17) is 4.84 Å². The number of hydrogen-bond acceptors (Lipinski definition) is 6. The van der Waals surface area contributed by atoms with E-state index < -0.39 is 17.7 Å². The molecule has 2 saturated heterocycles. The molecule has 36 heavy (non-hydrogen) atoms. The molecule has 1 aromatic rings. The predicted octanol–water partition coefficient (Wildman–Crippen LogP) is 4.66. The van der Waals surface area contributed by atoms with Gasteiger partial charge >= 0.3 is 6.03 Å². The number of rotatable bonds is 14. The van der Waals surface area contributed by atoms with Crippen molar-refractivity contribution in [1.82, 2.24) is 10.6 Å². The van der Waals surface area contributed by atoms with Gasteiger partial charge in [0.05, 0.1) is 17.8 Å². The Balaban J connectivity index is 1.01. The topological polar surface area (TPSA) is 96.9 Å². The standard InChI is InChI=1S/C26H33F2N3O4S/c27-16-10-11-20(21(28)12-16)22-14-19(35-31-22)13-18(33)8-3-1-2-6-17(32)7-4-5-9-24-25-23(15-36-24)29-26(34)30-25/h10-12,19,23-25H,1-9,13-15H2,(H2,29,30,34)/t19?,23-,24?,25-/m0/s1. The molecule has 0 spiro atoms. The molecular weight excluding hydrogens is 488 g/mol. The van der Waals surface area contributed by atoms with Crippen LogP contribution in [-0.2, 0) is 14.4 Å². The number of fused-ring (bicyclic) bond motifs is 1. The molecule has 3 aliphatic heterocycles. The molecule has 3 heterocycles. The Morgan fingerprint density at radius 3 is 2.56 bits per heavy atom. The zero-order chi connectivity index (χ0) is 25.5. The van der Waals surface area contributed by atoms with E-state index in [0.29, 0.717) is 36.6 Å². The summed E-state index contributed by atoms with van der Waals surface area (Å²) in [5, 5.41) is 10.2. The predicted molar refractivity (Wildman–Crippen MR) is 134 cm³/mol. The minimum Gasteiger partial charge on any atom is -0.391 e. The number of benzene rings is 1. The summed E-state index contributed by atoms with van der Waals surface area (Å²) in [5.41, 5.74) is 0.582. The van der Waals surface area contributed by atoms with E-state index in [1.165, 1.54) is 12.1 Å². The van der Waals surface area contributed by atoms with E-state index in [0.717, 1.165) is 50.3 Å². The van der Waals surface area contributed by atoms with Crippen molar-refractivity contribution in [2.24, 2.45) is 5.16 Å². The number of oxime groups is 1. The maximum absolute atomic E-state index is 13.9. The first-order valence-corrected chi connectivity index (χ1v) is 13.8. The number of amides is 2. The molecule has 0 bridgehead atoms. The highest BCUT2D eigenvalue weighted by molar-refractivity contribution is 8.00. The van der Waals surface area contributed by atoms with Gasteiger partial charge < -0.3 is 15.5 Å². The lowest BCUT2D eigenvalue weighted by Crippen LogP contribution is -2.36. The lowest BCUT2D eigenvalue weighted by molar-refractivity contribution is -0.121. The van der Waals surface area contributed by atoms with E-state index in [1.54, 1.807) is 0 Å². The molecule has 2 amide bonds. The van der Waals surface area contributed by atoms with Gasteiger partial charge in [0.15, 0.2) is 0 Å². The third-order valence-corrected chi connectivity index (χ3v) is 8.48. The summed E-state index contributed by atoms with van der Waals surface area (Å²) in [4.78, 5) is 41.2. The fourth-order valence-electron chi connectivity index (χ4n) is 5.03. The fourth-order valence-corrected chi connectivity index (χ4v) is 6.58. The van der Waals surface area contributed by atoms with Crippen LogP contribution in [0, 0.1) is 11.6 Å². The summed E-state index contributed by atoms with van der Waals surface area (Å²) in [6.07, 6.45) is 6.84. The second-order valence-corrected chi connectivity index (χ2v) is 11.1. The Hall–Kier alpha value is -2.49. The van der Waals surface area contributed by atoms with Gasteiger partial charge in [-0.05, 0) is 37.8 Å². The first-order chi connectivity index (χ1) is 17.4. The van der Waals surface area contributed by atoms with Crippen LogP contribution in [0.3, 0.4) is 0 Å². The van der Waals surface area contributed by atoms with Crippen molar-refractivity contribution < 1.29 is 28.0 Å². The number of halogens is 2. The molecule has 2 N–H and O–H groups in total. The maximum atomic E-state index is 13.9. The molecule has 0 aliphatic carbocycles. The highest BCUT2D eigenvalue weighted by Gasteiger charge is 2.42. The average molecular weight is 522 g/mol. The molecule has 3 aliphatic rings. The Labute approximate surface area is 214 Å². The molecule has 196 valence electrons. The molecule has 0 saturated carbocycles. The van der Waals surface area contributed by atoms with Gasteiger partial charge in [0.1, 0.15) is 29.3 Å². The summed E-state index contributed by atoms with van der Waals surface area (Å²) < 4.78 is 27.0. The molecule has 2 fully saturated rings. The maximum Gasteiger partial charge on any atom is 0.315 e. The highest BCUT2D eigenvalue weighted by Crippen LogP contribution is 2.33. The third-order valence-electron chi connectivity index (χ3n) is 6.97. The number of Topliss-reactive ketones (excluding diaryl/α,β-unsaturated/α-hetero) is 2. The Morgan fingerprint density at radius 1 is 1.03 bits per heavy atom. The van der Waals surface area contributed by atoms with Crippen molar-refractivity contribution in [3.05, 3.63) is 35.4 Å². The number of thioether (sulfide) groups is 1. The molecule has 1 aromatic carbocycles. The van der Waals surface area contributed by atoms with Crippen molar-refractivity contribution in [3.8, 4) is 0 Å². The minimum atomic E-state index is -0.693. The number of ketones is 2. The van der Waals surface area contributed by atoms with Crippen LogP contribution in [-0.4, -0.2) is 52.5 Å². The second kappa shape index (κ2) is 12.7. The van der Waals surface area contributed by atoms with Crippen LogP contribution >= 0.6 is 11.8 Å². The number of hydrogen-bond donors (Lipinski definition) is 2. The molecule has 0 radical (unpaired) electrons. The minimum absolute atomic E-state index is 0.0584. The zero-order valence-electron chi connectivity index (χ0n) is 20.3. The van der Waals surface area contributed by atoms with Crippen molar-refractivity contribution in [3.63, 3.8) is 0 Å². The van der Waals surface area contributed by atoms with Gasteiger partial charge in [-0.2, -0.15) is 11.8 Å². The van der Waals surface area contributed by atoms with Crippen molar-refractivity contribution in [1.29, 1.82) is 0 Å². The second-order valence-electron chi connectivity index (χ2n) is 9.80. The first kappa shape index (κ1) is 26.6. The number of nitrogens with zero attached hydrogens (tertiary/aromatic N) is 1. The van der Waals surface area contributed by atoms with Gasteiger partial charge in [-0.3, -0.25) is 9.59 Å². The van der Waals surface area contributed by atoms with Gasteiger partial charge in [0.2, 0.25) is 0 Å². The molecule has 0 aromatic heterocycles. The Bertz CT molecular complexity index is 1010. The summed E-state index contributed by atoms with van der Waals surface area (Å²) in [7, 11) is 0. The highest BCUT2D eigenvalue weighted by atomic mass is 32.2. The van der Waals surface area contributed by atoms with Crippen LogP contribution in [0.1, 0.15) is 76.2 Å². The van der Waals surface area contributed by atoms with Crippen molar-refractivity contribution in [2.75, 3.05) is 5.75 Å². The van der Waals surface area contributed by atoms with E-state index in [-0.39, 0.29) is 41.7 Å². The van der Waals surface area contributed by atoms with Crippen LogP contribution in [0.25, 0.3) is 0 Å². The van der Waals surface area contributed by atoms with Gasteiger partial charge in [-0.15, -0.1) is 0 Å². The van der Waals surface area contributed by atoms with Crippen LogP contribution in [0.2, 0.25) is 0 Å². The lowest BCUT2D eigenvalue weighted by Gasteiger charge is -2.16. The summed E-state index contributed by atoms with van der Waals surface area (Å²) in [6, 6.07) is 3.69. The number of unbranched alkanes of at least 4 members (excludes halogenated alkanes) is 3. The summed E-state index contributed by atoms with van der Waals surface area (Å²) in [6.45, 7) is 0. The average Bonchev–Trinajstić information content (AvgIpc) is 3.53. The number of nitrogens with one attached hydrogen (secondary N) is 2. The molecule has 10 heteroatoms. The van der Waals surface area contributed by atoms with Crippen LogP contribution in [0.5, 0.6) is 0 Å². The summed E-state index contributed by atoms with van der Waals surface area (Å²) in [5.74, 6) is -0.0656. The van der Waals surface area contributed by atoms with E-state index >= 15 is 0 Å². The van der Waals surface area contributed by atoms with Crippen molar-refractivity contribution in [2.45, 2.75) is 94.1 Å². The number of carbonyl (C=O) groups is 3. The normalized spacial score (nSPS) is 24.6. The molecule has 2 unspecified atom stereocenters.